The van der Waals surface area contributed by atoms with Crippen molar-refractivity contribution in [3.63, 3.8) is 0 Å². The van der Waals surface area contributed by atoms with Crippen LogP contribution in [0, 0.1) is 11.7 Å². The minimum atomic E-state index is -0.386. The zero-order chi connectivity index (χ0) is 27.8. The number of aromatic amines is 1. The van der Waals surface area contributed by atoms with Gasteiger partial charge in [-0.2, -0.15) is 0 Å². The molecular formula is C33H40ClFN4O3. The van der Waals surface area contributed by atoms with Gasteiger partial charge in [0.25, 0.3) is 5.91 Å². The Hall–Kier alpha value is -3.07. The van der Waals surface area contributed by atoms with Crippen LogP contribution >= 0.6 is 12.4 Å². The molecule has 5 heterocycles. The van der Waals surface area contributed by atoms with Crippen LogP contribution in [-0.4, -0.2) is 65.5 Å². The maximum Gasteiger partial charge on any atom is 0.267 e. The minimum Gasteiger partial charge on any atom is -0.488 e. The van der Waals surface area contributed by atoms with Crippen LogP contribution < -0.4 is 10.1 Å². The molecule has 3 aliphatic heterocycles. The summed E-state index contributed by atoms with van der Waals surface area (Å²) in [5, 5.41) is 4.82. The van der Waals surface area contributed by atoms with Gasteiger partial charge in [-0.15, -0.1) is 12.4 Å². The minimum absolute atomic E-state index is 0. The van der Waals surface area contributed by atoms with Gasteiger partial charge in [0, 0.05) is 53.6 Å². The van der Waals surface area contributed by atoms with Crippen LogP contribution in [0.5, 0.6) is 5.75 Å². The highest BCUT2D eigenvalue weighted by Crippen LogP contribution is 2.32. The monoisotopic (exact) mass is 594 g/mol. The number of benzene rings is 2. The molecule has 7 nitrogen and oxygen atoms in total. The Kier molecular flexibility index (Phi) is 8.75. The number of ether oxygens (including phenoxy) is 1. The van der Waals surface area contributed by atoms with Gasteiger partial charge in [-0.3, -0.25) is 4.79 Å². The average Bonchev–Trinajstić information content (AvgIpc) is 3.63. The second-order valence-electron chi connectivity index (χ2n) is 12.1. The molecule has 2 aromatic carbocycles. The highest BCUT2D eigenvalue weighted by molar-refractivity contribution is 5.99. The van der Waals surface area contributed by atoms with E-state index in [4.69, 9.17) is 9.15 Å². The number of para-hydroxylation sites is 1. The van der Waals surface area contributed by atoms with E-state index in [2.05, 4.69) is 20.1 Å². The number of halogens is 2. The van der Waals surface area contributed by atoms with Gasteiger partial charge in [0.05, 0.1) is 6.26 Å². The zero-order valence-corrected chi connectivity index (χ0v) is 24.8. The predicted molar refractivity (Wildman–Crippen MR) is 165 cm³/mol. The topological polar surface area (TPSA) is 73.7 Å². The first-order valence-electron chi connectivity index (χ1n) is 15.3. The lowest BCUT2D eigenvalue weighted by Crippen LogP contribution is -2.52. The summed E-state index contributed by atoms with van der Waals surface area (Å²) in [7, 11) is 0. The molecule has 2 aromatic heterocycles. The van der Waals surface area contributed by atoms with Crippen molar-refractivity contribution < 1.29 is 18.3 Å². The summed E-state index contributed by atoms with van der Waals surface area (Å²) >= 11 is 0. The fourth-order valence-electron chi connectivity index (χ4n) is 7.36. The Labute approximate surface area is 252 Å². The van der Waals surface area contributed by atoms with E-state index in [0.29, 0.717) is 16.8 Å². The number of nitrogens with one attached hydrogen (secondary N) is 2. The quantitative estimate of drug-likeness (QED) is 0.255. The number of furan rings is 1. The van der Waals surface area contributed by atoms with Crippen molar-refractivity contribution in [2.24, 2.45) is 5.92 Å². The third-order valence-electron chi connectivity index (χ3n) is 9.53. The molecule has 0 bridgehead atoms. The number of nitrogens with zero attached hydrogens (tertiary/aromatic N) is 2. The van der Waals surface area contributed by atoms with Crippen LogP contribution in [0.15, 0.2) is 53.1 Å². The van der Waals surface area contributed by atoms with Crippen molar-refractivity contribution in [2.45, 2.75) is 63.6 Å². The highest BCUT2D eigenvalue weighted by atomic mass is 35.5. The molecule has 3 fully saturated rings. The molecule has 3 aliphatic rings. The van der Waals surface area contributed by atoms with Gasteiger partial charge >= 0.3 is 0 Å². The number of carbonyl (C=O) groups is 1. The molecule has 9 heteroatoms. The number of hydrogen-bond donors (Lipinski definition) is 2. The molecule has 224 valence electrons. The second-order valence-corrected chi connectivity index (χ2v) is 12.1. The molecular weight excluding hydrogens is 555 g/mol. The summed E-state index contributed by atoms with van der Waals surface area (Å²) in [6.07, 6.45) is 10.3. The first-order valence-corrected chi connectivity index (χ1v) is 15.3. The zero-order valence-electron chi connectivity index (χ0n) is 23.9. The van der Waals surface area contributed by atoms with Gasteiger partial charge in [-0.25, -0.2) is 4.39 Å². The van der Waals surface area contributed by atoms with Crippen LogP contribution in [-0.2, 0) is 6.61 Å². The van der Waals surface area contributed by atoms with Crippen LogP contribution in [0.25, 0.3) is 21.9 Å². The first-order chi connectivity index (χ1) is 20.1. The van der Waals surface area contributed by atoms with E-state index in [1.54, 1.807) is 6.07 Å². The molecule has 42 heavy (non-hydrogen) atoms. The summed E-state index contributed by atoms with van der Waals surface area (Å²) in [5.41, 5.74) is 2.39. The van der Waals surface area contributed by atoms with Crippen LogP contribution in [0.4, 0.5) is 4.39 Å². The molecule has 2 atom stereocenters. The third-order valence-corrected chi connectivity index (χ3v) is 9.53. The van der Waals surface area contributed by atoms with Crippen molar-refractivity contribution in [1.29, 1.82) is 0 Å². The number of amides is 1. The number of aromatic nitrogens is 1. The summed E-state index contributed by atoms with van der Waals surface area (Å²) in [4.78, 5) is 21.9. The second kappa shape index (κ2) is 12.7. The maximum atomic E-state index is 14.0. The van der Waals surface area contributed by atoms with E-state index in [1.165, 1.54) is 64.1 Å². The molecule has 1 amide bonds. The smallest absolute Gasteiger partial charge is 0.267 e. The van der Waals surface area contributed by atoms with E-state index in [-0.39, 0.29) is 42.4 Å². The molecule has 0 spiro atoms. The summed E-state index contributed by atoms with van der Waals surface area (Å²) in [6.45, 7) is 6.12. The third kappa shape index (κ3) is 5.90. The standard InChI is InChI=1S/C33H39FN4O3.ClH/c34-27-8-3-7-25-23(21-41-32(25)27)20-40-31-11-4-9-28-26(31)18-29(36-28)33(39)35-24-12-16-37(17-13-24)19-22-6-5-15-38-14-2-1-10-30(22)38;/h3-4,7-9,11,18,21-22,24,30,36H,1-2,5-6,10,12-17,19-20H2,(H,35,39);1H/t22-,30?;/m0./s1. The molecule has 1 unspecified atom stereocenters. The first kappa shape index (κ1) is 29.0. The van der Waals surface area contributed by atoms with Gasteiger partial charge in [0.1, 0.15) is 18.1 Å². The van der Waals surface area contributed by atoms with E-state index in [9.17, 15) is 9.18 Å². The predicted octanol–water partition coefficient (Wildman–Crippen LogP) is 6.51. The highest BCUT2D eigenvalue weighted by Gasteiger charge is 2.34. The molecule has 0 radical (unpaired) electrons. The Morgan fingerprint density at radius 2 is 1.83 bits per heavy atom. The lowest BCUT2D eigenvalue weighted by molar-refractivity contribution is 0.0351. The average molecular weight is 595 g/mol. The van der Waals surface area contributed by atoms with E-state index < -0.39 is 0 Å². The number of H-pyrrole nitrogens is 1. The lowest BCUT2D eigenvalue weighted by Gasteiger charge is -2.46. The summed E-state index contributed by atoms with van der Waals surface area (Å²) < 4.78 is 25.5. The number of carbonyl (C=O) groups excluding carboxylic acids is 1. The SMILES string of the molecule is Cl.O=C(NC1CCN(C[C@@H]2CCCN3CCCCC23)CC1)c1cc2c(OCc3coc4c(F)cccc34)cccc2[nH]1. The number of fused-ring (bicyclic) bond motifs is 3. The number of piperidine rings is 3. The lowest BCUT2D eigenvalue weighted by atomic mass is 9.83. The number of rotatable bonds is 7. The van der Waals surface area contributed by atoms with Crippen molar-refractivity contribution >= 4 is 40.2 Å². The molecule has 7 rings (SSSR count). The Morgan fingerprint density at radius 3 is 2.71 bits per heavy atom. The largest absolute Gasteiger partial charge is 0.488 e. The van der Waals surface area contributed by atoms with Crippen molar-refractivity contribution in [2.75, 3.05) is 32.7 Å². The Bertz CT molecular complexity index is 1530. The van der Waals surface area contributed by atoms with Gasteiger partial charge < -0.3 is 29.3 Å². The normalized spacial score (nSPS) is 22.1. The summed E-state index contributed by atoms with van der Waals surface area (Å²) in [5.74, 6) is 0.998. The molecule has 2 N–H and O–H groups in total. The summed E-state index contributed by atoms with van der Waals surface area (Å²) in [6, 6.07) is 13.4. The van der Waals surface area contributed by atoms with Gasteiger partial charge in [0.15, 0.2) is 11.4 Å². The fraction of sp³-hybridized carbons (Fsp3) is 0.485. The van der Waals surface area contributed by atoms with Crippen molar-refractivity contribution in [3.8, 4) is 5.75 Å². The molecule has 4 aromatic rings. The van der Waals surface area contributed by atoms with E-state index in [1.807, 2.05) is 30.3 Å². The fourth-order valence-corrected chi connectivity index (χ4v) is 7.36. The number of likely N-dealkylation sites (tertiary alicyclic amines) is 1. The van der Waals surface area contributed by atoms with Gasteiger partial charge in [0.2, 0.25) is 0 Å². The van der Waals surface area contributed by atoms with Gasteiger partial charge in [-0.05, 0) is 81.8 Å². The molecule has 0 saturated carbocycles. The van der Waals surface area contributed by atoms with Crippen LogP contribution in [0.2, 0.25) is 0 Å². The Morgan fingerprint density at radius 1 is 1.00 bits per heavy atom. The van der Waals surface area contributed by atoms with Gasteiger partial charge in [-0.1, -0.05) is 24.6 Å². The van der Waals surface area contributed by atoms with Crippen molar-refractivity contribution in [3.05, 3.63) is 65.8 Å². The maximum absolute atomic E-state index is 14.0. The van der Waals surface area contributed by atoms with Crippen LogP contribution in [0.1, 0.15) is 61.0 Å². The van der Waals surface area contributed by atoms with Crippen LogP contribution in [0.3, 0.4) is 0 Å². The number of hydrogen-bond acceptors (Lipinski definition) is 5. The molecule has 0 aliphatic carbocycles. The van der Waals surface area contributed by atoms with E-state index in [0.717, 1.165) is 54.4 Å². The molecule has 3 saturated heterocycles. The van der Waals surface area contributed by atoms with E-state index >= 15 is 0 Å². The van der Waals surface area contributed by atoms with Crippen molar-refractivity contribution in [1.82, 2.24) is 20.1 Å². The Balaban J connectivity index is 0.00000316.